The number of benzene rings is 3. The number of nitro groups is 1. The minimum atomic E-state index is -1.46. The number of anilines is 1. The number of urea groups is 1. The molecule has 10 nitrogen and oxygen atoms in total. The van der Waals surface area contributed by atoms with Crippen molar-refractivity contribution in [3.8, 4) is 0 Å². The van der Waals surface area contributed by atoms with E-state index in [2.05, 4.69) is 10.6 Å². The van der Waals surface area contributed by atoms with Crippen LogP contribution in [-0.4, -0.2) is 40.0 Å². The zero-order valence-electron chi connectivity index (χ0n) is 18.6. The molecule has 0 saturated carbocycles. The van der Waals surface area contributed by atoms with Crippen LogP contribution in [0.2, 0.25) is 0 Å². The summed E-state index contributed by atoms with van der Waals surface area (Å²) in [6, 6.07) is 19.3. The standard InChI is InChI=1S/C25H20N4O6/c1-25(18-9-13-20(14-10-18)29(34)35)23(32)28(24(33)27-25)15-21(30)16-7-11-19(12-8-16)26-22(31)17-5-3-2-4-6-17/h2-14H,15H2,1H3,(H,26,31)(H,27,33). The molecule has 4 amide bonds. The largest absolute Gasteiger partial charge is 0.325 e. The second-order valence-electron chi connectivity index (χ2n) is 8.07. The molecule has 0 aromatic heterocycles. The van der Waals surface area contributed by atoms with Crippen LogP contribution in [0.4, 0.5) is 16.2 Å². The third kappa shape index (κ3) is 4.62. The summed E-state index contributed by atoms with van der Waals surface area (Å²) in [5, 5.41) is 16.2. The van der Waals surface area contributed by atoms with Crippen LogP contribution in [0.5, 0.6) is 0 Å². The van der Waals surface area contributed by atoms with Crippen LogP contribution < -0.4 is 10.6 Å². The van der Waals surface area contributed by atoms with Gasteiger partial charge in [0.25, 0.3) is 17.5 Å². The summed E-state index contributed by atoms with van der Waals surface area (Å²) in [5.74, 6) is -1.41. The summed E-state index contributed by atoms with van der Waals surface area (Å²) >= 11 is 0. The molecule has 10 heteroatoms. The first-order valence-electron chi connectivity index (χ1n) is 10.6. The Morgan fingerprint density at radius 1 is 0.943 bits per heavy atom. The summed E-state index contributed by atoms with van der Waals surface area (Å²) in [5.41, 5.74) is -0.0249. The first-order valence-corrected chi connectivity index (χ1v) is 10.6. The number of carbonyl (C=O) groups excluding carboxylic acids is 4. The van der Waals surface area contributed by atoms with Gasteiger partial charge < -0.3 is 10.6 Å². The van der Waals surface area contributed by atoms with Gasteiger partial charge in [0.2, 0.25) is 0 Å². The van der Waals surface area contributed by atoms with Crippen molar-refractivity contribution in [3.05, 3.63) is 106 Å². The van der Waals surface area contributed by atoms with Crippen molar-refractivity contribution in [1.29, 1.82) is 0 Å². The zero-order valence-corrected chi connectivity index (χ0v) is 18.6. The monoisotopic (exact) mass is 472 g/mol. The Morgan fingerprint density at radius 2 is 1.57 bits per heavy atom. The molecule has 2 N–H and O–H groups in total. The van der Waals surface area contributed by atoms with Crippen LogP contribution in [0.3, 0.4) is 0 Å². The highest BCUT2D eigenvalue weighted by molar-refractivity contribution is 6.11. The average molecular weight is 472 g/mol. The number of amides is 4. The molecular formula is C25H20N4O6. The maximum Gasteiger partial charge on any atom is 0.325 e. The number of hydrogen-bond donors (Lipinski definition) is 2. The lowest BCUT2D eigenvalue weighted by Gasteiger charge is -2.22. The van der Waals surface area contributed by atoms with Crippen LogP contribution in [0, 0.1) is 10.1 Å². The smallest absolute Gasteiger partial charge is 0.322 e. The van der Waals surface area contributed by atoms with E-state index in [1.807, 2.05) is 0 Å². The number of Topliss-reactive ketones (excluding diaryl/α,β-unsaturated/α-hetero) is 1. The Morgan fingerprint density at radius 3 is 2.17 bits per heavy atom. The molecule has 1 aliphatic heterocycles. The third-order valence-corrected chi connectivity index (χ3v) is 5.73. The van der Waals surface area contributed by atoms with E-state index in [4.69, 9.17) is 0 Å². The third-order valence-electron chi connectivity index (χ3n) is 5.73. The molecule has 3 aromatic carbocycles. The number of imide groups is 1. The minimum Gasteiger partial charge on any atom is -0.322 e. The summed E-state index contributed by atoms with van der Waals surface area (Å²) in [6.45, 7) is 0.992. The molecule has 1 aliphatic rings. The Hall–Kier alpha value is -4.86. The van der Waals surface area contributed by atoms with Gasteiger partial charge in [0.15, 0.2) is 5.78 Å². The lowest BCUT2D eigenvalue weighted by molar-refractivity contribution is -0.384. The fourth-order valence-corrected chi connectivity index (χ4v) is 3.72. The summed E-state index contributed by atoms with van der Waals surface area (Å²) in [4.78, 5) is 61.7. The van der Waals surface area contributed by atoms with Crippen LogP contribution >= 0.6 is 0 Å². The molecule has 0 spiro atoms. The number of rotatable bonds is 7. The van der Waals surface area contributed by atoms with Crippen LogP contribution in [0.1, 0.15) is 33.2 Å². The maximum absolute atomic E-state index is 13.0. The van der Waals surface area contributed by atoms with Gasteiger partial charge in [-0.05, 0) is 61.0 Å². The van der Waals surface area contributed by atoms with Crippen molar-refractivity contribution >= 4 is 35.0 Å². The molecular weight excluding hydrogens is 452 g/mol. The molecule has 1 fully saturated rings. The predicted octanol–water partition coefficient (Wildman–Crippen LogP) is 3.50. The lowest BCUT2D eigenvalue weighted by atomic mass is 9.92. The normalized spacial score (nSPS) is 17.1. The Labute approximate surface area is 199 Å². The van der Waals surface area contributed by atoms with E-state index in [9.17, 15) is 29.3 Å². The van der Waals surface area contributed by atoms with Crippen LogP contribution in [-0.2, 0) is 10.3 Å². The number of nitrogens with one attached hydrogen (secondary N) is 2. The molecule has 1 unspecified atom stereocenters. The fraction of sp³-hybridized carbons (Fsp3) is 0.120. The average Bonchev–Trinajstić information content (AvgIpc) is 3.08. The predicted molar refractivity (Wildman–Crippen MR) is 126 cm³/mol. The number of nitrogens with zero attached hydrogens (tertiary/aromatic N) is 2. The van der Waals surface area contributed by atoms with Crippen molar-refractivity contribution in [2.75, 3.05) is 11.9 Å². The van der Waals surface area contributed by atoms with Crippen molar-refractivity contribution in [3.63, 3.8) is 0 Å². The maximum atomic E-state index is 13.0. The van der Waals surface area contributed by atoms with Gasteiger partial charge in [-0.1, -0.05) is 18.2 Å². The molecule has 0 bridgehead atoms. The molecule has 1 atom stereocenters. The van der Waals surface area contributed by atoms with Gasteiger partial charge in [-0.15, -0.1) is 0 Å². The van der Waals surface area contributed by atoms with Gasteiger partial charge in [0.05, 0.1) is 11.5 Å². The van der Waals surface area contributed by atoms with Gasteiger partial charge >= 0.3 is 6.03 Å². The quantitative estimate of drug-likeness (QED) is 0.234. The van der Waals surface area contributed by atoms with Crippen molar-refractivity contribution in [1.82, 2.24) is 10.2 Å². The number of hydrogen-bond acceptors (Lipinski definition) is 6. The van der Waals surface area contributed by atoms with E-state index >= 15 is 0 Å². The minimum absolute atomic E-state index is 0.149. The van der Waals surface area contributed by atoms with E-state index in [1.54, 1.807) is 42.5 Å². The second-order valence-corrected chi connectivity index (χ2v) is 8.07. The summed E-state index contributed by atoms with van der Waals surface area (Å²) in [7, 11) is 0. The Kier molecular flexibility index (Phi) is 6.11. The zero-order chi connectivity index (χ0) is 25.2. The molecule has 176 valence electrons. The molecule has 1 saturated heterocycles. The van der Waals surface area contributed by atoms with Crippen molar-refractivity contribution in [2.24, 2.45) is 0 Å². The van der Waals surface area contributed by atoms with Gasteiger partial charge in [0.1, 0.15) is 5.54 Å². The van der Waals surface area contributed by atoms with Gasteiger partial charge in [0, 0.05) is 28.9 Å². The van der Waals surface area contributed by atoms with Gasteiger partial charge in [-0.2, -0.15) is 0 Å². The fourth-order valence-electron chi connectivity index (χ4n) is 3.72. The SMILES string of the molecule is CC1(c2ccc([N+](=O)[O-])cc2)NC(=O)N(CC(=O)c2ccc(NC(=O)c3ccccc3)cc2)C1=O. The summed E-state index contributed by atoms with van der Waals surface area (Å²) < 4.78 is 0. The van der Waals surface area contributed by atoms with E-state index in [0.29, 0.717) is 16.8 Å². The lowest BCUT2D eigenvalue weighted by Crippen LogP contribution is -2.41. The molecule has 4 rings (SSSR count). The van der Waals surface area contributed by atoms with Crippen molar-refractivity contribution in [2.45, 2.75) is 12.5 Å². The van der Waals surface area contributed by atoms with Crippen molar-refractivity contribution < 1.29 is 24.1 Å². The number of non-ortho nitro benzene ring substituents is 1. The van der Waals surface area contributed by atoms with Gasteiger partial charge in [-0.3, -0.25) is 29.4 Å². The topological polar surface area (TPSA) is 139 Å². The van der Waals surface area contributed by atoms with E-state index < -0.39 is 34.7 Å². The molecule has 0 aliphatic carbocycles. The van der Waals surface area contributed by atoms with Gasteiger partial charge in [-0.25, -0.2) is 4.79 Å². The van der Waals surface area contributed by atoms with E-state index in [1.165, 1.54) is 43.3 Å². The first-order chi connectivity index (χ1) is 16.7. The highest BCUT2D eigenvalue weighted by Gasteiger charge is 2.49. The molecule has 1 heterocycles. The number of carbonyl (C=O) groups is 4. The Bertz CT molecular complexity index is 1320. The summed E-state index contributed by atoms with van der Waals surface area (Å²) in [6.07, 6.45) is 0. The first kappa shape index (κ1) is 23.3. The van der Waals surface area contributed by atoms with Crippen LogP contribution in [0.15, 0.2) is 78.9 Å². The highest BCUT2D eigenvalue weighted by Crippen LogP contribution is 2.30. The number of nitro benzene ring substituents is 1. The van der Waals surface area contributed by atoms with E-state index in [-0.39, 0.29) is 17.2 Å². The van der Waals surface area contributed by atoms with E-state index in [0.717, 1.165) is 4.90 Å². The number of ketones is 1. The van der Waals surface area contributed by atoms with Crippen LogP contribution in [0.25, 0.3) is 0 Å². The molecule has 35 heavy (non-hydrogen) atoms. The molecule has 3 aromatic rings. The highest BCUT2D eigenvalue weighted by atomic mass is 16.6. The second kappa shape index (κ2) is 9.18. The Balaban J connectivity index is 1.44. The molecule has 0 radical (unpaired) electrons.